The van der Waals surface area contributed by atoms with Gasteiger partial charge in [-0.1, -0.05) is 19.9 Å². The van der Waals surface area contributed by atoms with Crippen LogP contribution in [0.3, 0.4) is 0 Å². The quantitative estimate of drug-likeness (QED) is 0.439. The van der Waals surface area contributed by atoms with E-state index < -0.39 is 0 Å². The molecule has 0 radical (unpaired) electrons. The highest BCUT2D eigenvalue weighted by atomic mass is 16.3. The van der Waals surface area contributed by atoms with Gasteiger partial charge in [-0.25, -0.2) is 0 Å². The summed E-state index contributed by atoms with van der Waals surface area (Å²) < 4.78 is 0. The summed E-state index contributed by atoms with van der Waals surface area (Å²) in [4.78, 5) is 0. The van der Waals surface area contributed by atoms with E-state index in [0.717, 1.165) is 13.1 Å². The monoisotopic (exact) mass is 143 g/mol. The summed E-state index contributed by atoms with van der Waals surface area (Å²) in [7, 11) is 0. The molecule has 0 spiro atoms. The second-order valence-corrected chi connectivity index (χ2v) is 2.42. The van der Waals surface area contributed by atoms with E-state index in [1.54, 1.807) is 0 Å². The summed E-state index contributed by atoms with van der Waals surface area (Å²) >= 11 is 0. The zero-order valence-corrected chi connectivity index (χ0v) is 6.69. The molecule has 60 valence electrons. The molecule has 0 rings (SSSR count). The van der Waals surface area contributed by atoms with Crippen molar-refractivity contribution in [2.45, 2.75) is 26.2 Å². The van der Waals surface area contributed by atoms with E-state index in [1.807, 2.05) is 0 Å². The largest absolute Gasteiger partial charge is 0.513 e. The van der Waals surface area contributed by atoms with Crippen molar-refractivity contribution in [1.29, 1.82) is 0 Å². The smallest absolute Gasteiger partial charge is 0.0863 e. The Bertz CT molecular complexity index is 91.3. The van der Waals surface area contributed by atoms with E-state index in [9.17, 15) is 0 Å². The molecule has 0 fully saturated rings. The standard InChI is InChI=1S/C8H17NO/c1-3-4-6-9-7-5-8(2)10/h9-10H,2-7H2,1H3. The Kier molecular flexibility index (Phi) is 6.29. The maximum atomic E-state index is 8.67. The van der Waals surface area contributed by atoms with E-state index in [0.29, 0.717) is 6.42 Å². The molecule has 0 aromatic carbocycles. The fourth-order valence-corrected chi connectivity index (χ4v) is 0.659. The third-order valence-electron chi connectivity index (χ3n) is 1.30. The van der Waals surface area contributed by atoms with Gasteiger partial charge in [0, 0.05) is 13.0 Å². The van der Waals surface area contributed by atoms with Crippen LogP contribution in [0.15, 0.2) is 12.3 Å². The maximum Gasteiger partial charge on any atom is 0.0863 e. The van der Waals surface area contributed by atoms with Gasteiger partial charge in [-0.05, 0) is 13.0 Å². The van der Waals surface area contributed by atoms with E-state index in [-0.39, 0.29) is 5.76 Å². The minimum atomic E-state index is 0.268. The number of nitrogens with one attached hydrogen (secondary N) is 1. The summed E-state index contributed by atoms with van der Waals surface area (Å²) in [5.74, 6) is 0.268. The van der Waals surface area contributed by atoms with Gasteiger partial charge in [-0.3, -0.25) is 0 Å². The van der Waals surface area contributed by atoms with E-state index in [1.165, 1.54) is 12.8 Å². The van der Waals surface area contributed by atoms with Gasteiger partial charge in [0.15, 0.2) is 0 Å². The highest BCUT2D eigenvalue weighted by Crippen LogP contribution is 1.88. The second kappa shape index (κ2) is 6.62. The lowest BCUT2D eigenvalue weighted by Gasteiger charge is -2.01. The molecule has 0 aliphatic rings. The fraction of sp³-hybridized carbons (Fsp3) is 0.750. The molecule has 0 amide bonds. The third kappa shape index (κ3) is 7.50. The van der Waals surface area contributed by atoms with Crippen molar-refractivity contribution in [3.63, 3.8) is 0 Å². The first-order valence-electron chi connectivity index (χ1n) is 3.84. The van der Waals surface area contributed by atoms with Crippen molar-refractivity contribution in [1.82, 2.24) is 5.32 Å². The fourth-order valence-electron chi connectivity index (χ4n) is 0.659. The Morgan fingerprint density at radius 1 is 1.50 bits per heavy atom. The normalized spacial score (nSPS) is 9.70. The average molecular weight is 143 g/mol. The van der Waals surface area contributed by atoms with Gasteiger partial charge >= 0.3 is 0 Å². The molecule has 0 heterocycles. The lowest BCUT2D eigenvalue weighted by molar-refractivity contribution is 0.387. The van der Waals surface area contributed by atoms with Crippen LogP contribution in [0, 0.1) is 0 Å². The lowest BCUT2D eigenvalue weighted by Crippen LogP contribution is -2.16. The van der Waals surface area contributed by atoms with Crippen LogP contribution in [0.1, 0.15) is 26.2 Å². The Morgan fingerprint density at radius 2 is 2.20 bits per heavy atom. The van der Waals surface area contributed by atoms with Crippen LogP contribution >= 0.6 is 0 Å². The number of aliphatic hydroxyl groups excluding tert-OH is 1. The van der Waals surface area contributed by atoms with Gasteiger partial charge in [-0.15, -0.1) is 0 Å². The van der Waals surface area contributed by atoms with Gasteiger partial charge in [-0.2, -0.15) is 0 Å². The molecule has 2 heteroatoms. The Labute approximate surface area is 62.9 Å². The highest BCUT2D eigenvalue weighted by Gasteiger charge is 1.88. The Hall–Kier alpha value is -0.500. The van der Waals surface area contributed by atoms with E-state index >= 15 is 0 Å². The second-order valence-electron chi connectivity index (χ2n) is 2.42. The highest BCUT2D eigenvalue weighted by molar-refractivity contribution is 4.78. The summed E-state index contributed by atoms with van der Waals surface area (Å²) in [5.41, 5.74) is 0. The SMILES string of the molecule is C=C(O)CCNCCCC. The molecule has 0 saturated carbocycles. The number of hydrogen-bond acceptors (Lipinski definition) is 2. The predicted octanol–water partition coefficient (Wildman–Crippen LogP) is 1.84. The van der Waals surface area contributed by atoms with Gasteiger partial charge in [0.1, 0.15) is 0 Å². The molecule has 0 bridgehead atoms. The lowest BCUT2D eigenvalue weighted by atomic mass is 10.3. The maximum absolute atomic E-state index is 8.67. The minimum absolute atomic E-state index is 0.268. The van der Waals surface area contributed by atoms with Crippen LogP contribution in [0.2, 0.25) is 0 Å². The van der Waals surface area contributed by atoms with Crippen LogP contribution < -0.4 is 5.32 Å². The van der Waals surface area contributed by atoms with Crippen molar-refractivity contribution in [3.8, 4) is 0 Å². The molecule has 0 atom stereocenters. The molecule has 0 aromatic rings. The molecular weight excluding hydrogens is 126 g/mol. The average Bonchev–Trinajstić information content (AvgIpc) is 1.87. The topological polar surface area (TPSA) is 32.3 Å². The van der Waals surface area contributed by atoms with Crippen LogP contribution in [0.25, 0.3) is 0 Å². The molecule has 0 aromatic heterocycles. The number of aliphatic hydroxyl groups is 1. The molecule has 10 heavy (non-hydrogen) atoms. The zero-order chi connectivity index (χ0) is 7.82. The summed E-state index contributed by atoms with van der Waals surface area (Å²) in [5, 5.41) is 11.9. The molecule has 0 aliphatic heterocycles. The number of unbranched alkanes of at least 4 members (excludes halogenated alkanes) is 1. The first-order chi connectivity index (χ1) is 4.77. The molecule has 2 nitrogen and oxygen atoms in total. The first kappa shape index (κ1) is 9.50. The zero-order valence-electron chi connectivity index (χ0n) is 6.69. The predicted molar refractivity (Wildman–Crippen MR) is 44.2 cm³/mol. The van der Waals surface area contributed by atoms with Crippen molar-refractivity contribution < 1.29 is 5.11 Å². The Morgan fingerprint density at radius 3 is 2.70 bits per heavy atom. The van der Waals surface area contributed by atoms with Crippen LogP contribution in [-0.2, 0) is 0 Å². The van der Waals surface area contributed by atoms with Crippen molar-refractivity contribution >= 4 is 0 Å². The van der Waals surface area contributed by atoms with Crippen LogP contribution in [0.4, 0.5) is 0 Å². The summed E-state index contributed by atoms with van der Waals surface area (Å²) in [6.07, 6.45) is 3.09. The van der Waals surface area contributed by atoms with Crippen molar-refractivity contribution in [3.05, 3.63) is 12.3 Å². The van der Waals surface area contributed by atoms with Crippen molar-refractivity contribution in [2.75, 3.05) is 13.1 Å². The molecule has 0 unspecified atom stereocenters. The van der Waals surface area contributed by atoms with Crippen molar-refractivity contribution in [2.24, 2.45) is 0 Å². The van der Waals surface area contributed by atoms with Crippen LogP contribution in [0.5, 0.6) is 0 Å². The summed E-state index contributed by atoms with van der Waals surface area (Å²) in [6, 6.07) is 0. The first-order valence-corrected chi connectivity index (χ1v) is 3.84. The van der Waals surface area contributed by atoms with E-state index in [4.69, 9.17) is 5.11 Å². The minimum Gasteiger partial charge on any atom is -0.513 e. The number of rotatable bonds is 6. The van der Waals surface area contributed by atoms with Gasteiger partial charge < -0.3 is 10.4 Å². The molecule has 0 aliphatic carbocycles. The summed E-state index contributed by atoms with van der Waals surface area (Å²) in [6.45, 7) is 7.44. The Balaban J connectivity index is 2.84. The number of hydrogen-bond donors (Lipinski definition) is 2. The van der Waals surface area contributed by atoms with E-state index in [2.05, 4.69) is 18.8 Å². The van der Waals surface area contributed by atoms with Crippen LogP contribution in [-0.4, -0.2) is 18.2 Å². The molecule has 2 N–H and O–H groups in total. The van der Waals surface area contributed by atoms with Gasteiger partial charge in [0.2, 0.25) is 0 Å². The van der Waals surface area contributed by atoms with Gasteiger partial charge in [0.25, 0.3) is 0 Å². The van der Waals surface area contributed by atoms with Gasteiger partial charge in [0.05, 0.1) is 5.76 Å². The molecular formula is C8H17NO. The molecule has 0 saturated heterocycles. The third-order valence-corrected chi connectivity index (χ3v) is 1.30.